The van der Waals surface area contributed by atoms with E-state index in [1.54, 1.807) is 6.07 Å². The van der Waals surface area contributed by atoms with Gasteiger partial charge in [0.2, 0.25) is 10.0 Å². The fourth-order valence-corrected chi connectivity index (χ4v) is 5.63. The molecule has 1 saturated heterocycles. The zero-order valence-corrected chi connectivity index (χ0v) is 13.5. The van der Waals surface area contributed by atoms with Gasteiger partial charge in [-0.1, -0.05) is 24.3 Å². The molecule has 2 rings (SSSR count). The lowest BCUT2D eigenvalue weighted by atomic mass is 10.1. The summed E-state index contributed by atoms with van der Waals surface area (Å²) in [5.41, 5.74) is 1.70. The predicted molar refractivity (Wildman–Crippen MR) is 82.0 cm³/mol. The number of sulfone groups is 1. The van der Waals surface area contributed by atoms with E-state index in [-0.39, 0.29) is 17.3 Å². The van der Waals surface area contributed by atoms with Crippen molar-refractivity contribution in [2.45, 2.75) is 24.8 Å². The summed E-state index contributed by atoms with van der Waals surface area (Å²) in [4.78, 5) is 0. The summed E-state index contributed by atoms with van der Waals surface area (Å²) < 4.78 is 49.4. The maximum atomic E-state index is 12.1. The lowest BCUT2D eigenvalue weighted by Crippen LogP contribution is -2.36. The van der Waals surface area contributed by atoms with Crippen LogP contribution in [0.2, 0.25) is 0 Å². The summed E-state index contributed by atoms with van der Waals surface area (Å²) >= 11 is 0. The highest BCUT2D eigenvalue weighted by Crippen LogP contribution is 2.14. The molecule has 0 aliphatic carbocycles. The van der Waals surface area contributed by atoms with E-state index >= 15 is 0 Å². The summed E-state index contributed by atoms with van der Waals surface area (Å²) in [6, 6.07) is 6.83. The highest BCUT2D eigenvalue weighted by Gasteiger charge is 2.30. The van der Waals surface area contributed by atoms with Gasteiger partial charge < -0.3 is 5.32 Å². The first-order chi connectivity index (χ1) is 9.80. The molecule has 8 heteroatoms. The van der Waals surface area contributed by atoms with E-state index in [1.807, 2.05) is 25.2 Å². The van der Waals surface area contributed by atoms with E-state index in [9.17, 15) is 16.8 Å². The van der Waals surface area contributed by atoms with Gasteiger partial charge in [-0.2, -0.15) is 0 Å². The summed E-state index contributed by atoms with van der Waals surface area (Å²) in [5.74, 6) is -0.190. The minimum absolute atomic E-state index is 0.0534. The molecule has 1 aliphatic heterocycles. The number of sulfonamides is 1. The molecule has 6 nitrogen and oxygen atoms in total. The molecule has 0 saturated carbocycles. The highest BCUT2D eigenvalue weighted by atomic mass is 32.2. The van der Waals surface area contributed by atoms with Crippen LogP contribution in [0.5, 0.6) is 0 Å². The second-order valence-electron chi connectivity index (χ2n) is 5.33. The van der Waals surface area contributed by atoms with E-state index in [2.05, 4.69) is 10.0 Å². The summed E-state index contributed by atoms with van der Waals surface area (Å²) in [6.07, 6.45) is 0.349. The van der Waals surface area contributed by atoms with Crippen molar-refractivity contribution in [3.8, 4) is 0 Å². The van der Waals surface area contributed by atoms with Crippen LogP contribution in [0.25, 0.3) is 0 Å². The molecular weight excluding hydrogens is 312 g/mol. The van der Waals surface area contributed by atoms with E-state index in [0.717, 1.165) is 5.56 Å². The average molecular weight is 332 g/mol. The Balaban J connectivity index is 2.02. The third-order valence-corrected chi connectivity index (χ3v) is 6.48. The topological polar surface area (TPSA) is 92.3 Å². The smallest absolute Gasteiger partial charge is 0.216 e. The van der Waals surface area contributed by atoms with Crippen molar-refractivity contribution in [1.29, 1.82) is 0 Å². The number of rotatable bonds is 6. The Bertz CT molecular complexity index is 699. The van der Waals surface area contributed by atoms with E-state index in [4.69, 9.17) is 0 Å². The third-order valence-electron chi connectivity index (χ3n) is 3.31. The first-order valence-corrected chi connectivity index (χ1v) is 10.2. The molecule has 1 aromatic carbocycles. The predicted octanol–water partition coefficient (Wildman–Crippen LogP) is 0.0125. The lowest BCUT2D eigenvalue weighted by molar-refractivity contribution is 0.561. The minimum Gasteiger partial charge on any atom is -0.316 e. The average Bonchev–Trinajstić information content (AvgIpc) is 2.68. The summed E-state index contributed by atoms with van der Waals surface area (Å²) in [7, 11) is -4.80. The van der Waals surface area contributed by atoms with Gasteiger partial charge in [0.1, 0.15) is 0 Å². The molecule has 1 fully saturated rings. The maximum absolute atomic E-state index is 12.1. The molecule has 0 spiro atoms. The molecule has 0 radical (unpaired) electrons. The van der Waals surface area contributed by atoms with Gasteiger partial charge in [0, 0.05) is 12.6 Å². The highest BCUT2D eigenvalue weighted by molar-refractivity contribution is 7.92. The molecule has 118 valence electrons. The summed E-state index contributed by atoms with van der Waals surface area (Å²) in [6.45, 7) is 0.669. The van der Waals surface area contributed by atoms with Gasteiger partial charge in [-0.3, -0.25) is 0 Å². The van der Waals surface area contributed by atoms with Gasteiger partial charge in [0.15, 0.2) is 9.84 Å². The zero-order valence-electron chi connectivity index (χ0n) is 11.9. The van der Waals surface area contributed by atoms with Gasteiger partial charge in [-0.15, -0.1) is 0 Å². The van der Waals surface area contributed by atoms with Crippen molar-refractivity contribution in [2.75, 3.05) is 18.6 Å². The molecule has 1 aromatic rings. The van der Waals surface area contributed by atoms with Crippen LogP contribution < -0.4 is 10.0 Å². The Morgan fingerprint density at radius 3 is 2.62 bits per heavy atom. The molecule has 21 heavy (non-hydrogen) atoms. The fourth-order valence-electron chi connectivity index (χ4n) is 2.44. The Labute approximate surface area is 125 Å². The second kappa shape index (κ2) is 6.43. The van der Waals surface area contributed by atoms with Crippen LogP contribution in [0.1, 0.15) is 17.5 Å². The molecule has 1 unspecified atom stereocenters. The standard InChI is InChI=1S/C13H20N2O4S2/c1-14-8-11-3-2-4-12(7-11)9-21(18,19)15-13-5-6-20(16,17)10-13/h2-4,7,13-15H,5-6,8-10H2,1H3. The largest absolute Gasteiger partial charge is 0.316 e. The van der Waals surface area contributed by atoms with Crippen LogP contribution in [0.4, 0.5) is 0 Å². The Morgan fingerprint density at radius 2 is 2.00 bits per heavy atom. The number of benzene rings is 1. The van der Waals surface area contributed by atoms with Crippen LogP contribution in [0.15, 0.2) is 24.3 Å². The van der Waals surface area contributed by atoms with Crippen molar-refractivity contribution in [3.05, 3.63) is 35.4 Å². The second-order valence-corrected chi connectivity index (χ2v) is 9.31. The SMILES string of the molecule is CNCc1cccc(CS(=O)(=O)NC2CCS(=O)(=O)C2)c1. The maximum Gasteiger partial charge on any atom is 0.216 e. The zero-order chi connectivity index (χ0) is 15.5. The first-order valence-electron chi connectivity index (χ1n) is 6.72. The van der Waals surface area contributed by atoms with E-state index in [0.29, 0.717) is 18.5 Å². The normalized spacial score (nSPS) is 21.5. The Hall–Kier alpha value is -0.960. The van der Waals surface area contributed by atoms with Gasteiger partial charge >= 0.3 is 0 Å². The van der Waals surface area contributed by atoms with Gasteiger partial charge in [0.05, 0.1) is 17.3 Å². The van der Waals surface area contributed by atoms with Gasteiger partial charge in [0.25, 0.3) is 0 Å². The Kier molecular flexibility index (Phi) is 5.03. The molecule has 1 atom stereocenters. The van der Waals surface area contributed by atoms with Crippen LogP contribution in [0, 0.1) is 0 Å². The van der Waals surface area contributed by atoms with Crippen LogP contribution >= 0.6 is 0 Å². The van der Waals surface area contributed by atoms with Crippen LogP contribution in [0.3, 0.4) is 0 Å². The van der Waals surface area contributed by atoms with Gasteiger partial charge in [-0.25, -0.2) is 21.6 Å². The van der Waals surface area contributed by atoms with Crippen molar-refractivity contribution >= 4 is 19.9 Å². The van der Waals surface area contributed by atoms with Crippen LogP contribution in [-0.2, 0) is 32.2 Å². The molecule has 0 amide bonds. The van der Waals surface area contributed by atoms with Crippen LogP contribution in [-0.4, -0.2) is 41.4 Å². The van der Waals surface area contributed by atoms with Crippen molar-refractivity contribution in [3.63, 3.8) is 0 Å². The molecule has 2 N–H and O–H groups in total. The fraction of sp³-hybridized carbons (Fsp3) is 0.538. The number of hydrogen-bond acceptors (Lipinski definition) is 5. The number of hydrogen-bond donors (Lipinski definition) is 2. The monoisotopic (exact) mass is 332 g/mol. The molecule has 1 heterocycles. The van der Waals surface area contributed by atoms with Crippen molar-refractivity contribution in [2.24, 2.45) is 0 Å². The van der Waals surface area contributed by atoms with Crippen molar-refractivity contribution in [1.82, 2.24) is 10.0 Å². The molecule has 0 aromatic heterocycles. The lowest BCUT2D eigenvalue weighted by Gasteiger charge is -2.12. The molecule has 0 bridgehead atoms. The van der Waals surface area contributed by atoms with Crippen molar-refractivity contribution < 1.29 is 16.8 Å². The first kappa shape index (κ1) is 16.4. The minimum atomic E-state index is -3.53. The summed E-state index contributed by atoms with van der Waals surface area (Å²) in [5, 5.41) is 3.01. The quantitative estimate of drug-likeness (QED) is 0.766. The molecule has 1 aliphatic rings. The number of nitrogens with one attached hydrogen (secondary N) is 2. The van der Waals surface area contributed by atoms with Gasteiger partial charge in [-0.05, 0) is 24.6 Å². The molecular formula is C13H20N2O4S2. The Morgan fingerprint density at radius 1 is 1.29 bits per heavy atom. The van der Waals surface area contributed by atoms with E-state index < -0.39 is 25.9 Å². The van der Waals surface area contributed by atoms with E-state index in [1.165, 1.54) is 0 Å². The third kappa shape index (κ3) is 5.06.